The molecule has 3 rings (SSSR count). The van der Waals surface area contributed by atoms with Crippen molar-refractivity contribution in [3.63, 3.8) is 0 Å². The van der Waals surface area contributed by atoms with Crippen molar-refractivity contribution >= 4 is 5.91 Å². The highest BCUT2D eigenvalue weighted by atomic mass is 19.1. The van der Waals surface area contributed by atoms with Gasteiger partial charge in [-0.25, -0.2) is 4.39 Å². The number of rotatable bonds is 4. The van der Waals surface area contributed by atoms with Crippen LogP contribution < -0.4 is 0 Å². The Kier molecular flexibility index (Phi) is 5.51. The number of aliphatic hydroxyl groups is 1. The van der Waals surface area contributed by atoms with E-state index in [9.17, 15) is 14.3 Å². The zero-order valence-corrected chi connectivity index (χ0v) is 14.2. The van der Waals surface area contributed by atoms with Crippen LogP contribution in [0.15, 0.2) is 24.3 Å². The molecule has 5 heteroatoms. The van der Waals surface area contributed by atoms with Gasteiger partial charge in [0, 0.05) is 19.6 Å². The standard InChI is InChI=1S/C19H27FN2O2/c20-17-8-6-16(7-9-17)14-22-13-5-10-19(24,18(22)23)15-21-11-3-1-2-4-12-21/h6-9,24H,1-5,10-15H2. The number of hydrogen-bond donors (Lipinski definition) is 1. The first-order valence-electron chi connectivity index (χ1n) is 9.05. The van der Waals surface area contributed by atoms with Gasteiger partial charge in [0.15, 0.2) is 5.60 Å². The van der Waals surface area contributed by atoms with E-state index in [-0.39, 0.29) is 11.7 Å². The molecular formula is C19H27FN2O2. The molecule has 1 aromatic rings. The van der Waals surface area contributed by atoms with Crippen molar-refractivity contribution in [1.29, 1.82) is 0 Å². The molecule has 1 N–H and O–H groups in total. The minimum atomic E-state index is -1.28. The van der Waals surface area contributed by atoms with E-state index >= 15 is 0 Å². The third-order valence-electron chi connectivity index (χ3n) is 5.17. The van der Waals surface area contributed by atoms with Gasteiger partial charge in [-0.2, -0.15) is 0 Å². The van der Waals surface area contributed by atoms with Crippen LogP contribution in [0.4, 0.5) is 4.39 Å². The summed E-state index contributed by atoms with van der Waals surface area (Å²) in [6.07, 6.45) is 6.09. The summed E-state index contributed by atoms with van der Waals surface area (Å²) in [6.45, 7) is 3.45. The number of piperidine rings is 1. The van der Waals surface area contributed by atoms with E-state index < -0.39 is 5.60 Å². The number of benzene rings is 1. The maximum Gasteiger partial charge on any atom is 0.256 e. The molecule has 2 heterocycles. The van der Waals surface area contributed by atoms with Crippen molar-refractivity contribution in [3.8, 4) is 0 Å². The van der Waals surface area contributed by atoms with E-state index in [1.54, 1.807) is 17.0 Å². The molecule has 24 heavy (non-hydrogen) atoms. The molecule has 0 saturated carbocycles. The number of carbonyl (C=O) groups is 1. The molecule has 0 aliphatic carbocycles. The molecule has 2 saturated heterocycles. The maximum absolute atomic E-state index is 13.0. The average molecular weight is 334 g/mol. The summed E-state index contributed by atoms with van der Waals surface area (Å²) in [6, 6.07) is 6.22. The Morgan fingerprint density at radius 1 is 1.00 bits per heavy atom. The van der Waals surface area contributed by atoms with Crippen molar-refractivity contribution in [2.45, 2.75) is 50.7 Å². The summed E-state index contributed by atoms with van der Waals surface area (Å²) in [4.78, 5) is 16.8. The van der Waals surface area contributed by atoms with Crippen LogP contribution in [-0.2, 0) is 11.3 Å². The molecule has 1 unspecified atom stereocenters. The average Bonchev–Trinajstić information content (AvgIpc) is 2.83. The van der Waals surface area contributed by atoms with Gasteiger partial charge >= 0.3 is 0 Å². The molecule has 0 radical (unpaired) electrons. The van der Waals surface area contributed by atoms with Gasteiger partial charge in [0.25, 0.3) is 5.91 Å². The molecule has 0 aromatic heterocycles. The summed E-state index contributed by atoms with van der Waals surface area (Å²) in [5, 5.41) is 11.0. The predicted molar refractivity (Wildman–Crippen MR) is 90.9 cm³/mol. The Bertz CT molecular complexity index is 555. The largest absolute Gasteiger partial charge is 0.379 e. The van der Waals surface area contributed by atoms with E-state index in [2.05, 4.69) is 4.90 Å². The molecule has 1 aromatic carbocycles. The van der Waals surface area contributed by atoms with Crippen LogP contribution in [0.25, 0.3) is 0 Å². The Morgan fingerprint density at radius 3 is 2.33 bits per heavy atom. The third-order valence-corrected chi connectivity index (χ3v) is 5.17. The lowest BCUT2D eigenvalue weighted by Crippen LogP contribution is -2.58. The summed E-state index contributed by atoms with van der Waals surface area (Å²) >= 11 is 0. The molecule has 0 bridgehead atoms. The van der Waals surface area contributed by atoms with Gasteiger partial charge in [0.2, 0.25) is 0 Å². The van der Waals surface area contributed by atoms with Gasteiger partial charge < -0.3 is 10.0 Å². The smallest absolute Gasteiger partial charge is 0.256 e. The molecule has 1 amide bonds. The van der Waals surface area contributed by atoms with Crippen LogP contribution in [0.3, 0.4) is 0 Å². The van der Waals surface area contributed by atoms with E-state index in [0.29, 0.717) is 26.1 Å². The second-order valence-corrected chi connectivity index (χ2v) is 7.18. The maximum atomic E-state index is 13.0. The van der Waals surface area contributed by atoms with Crippen molar-refractivity contribution in [1.82, 2.24) is 9.80 Å². The second kappa shape index (κ2) is 7.62. The fourth-order valence-electron chi connectivity index (χ4n) is 3.84. The summed E-state index contributed by atoms with van der Waals surface area (Å²) in [5.41, 5.74) is -0.383. The van der Waals surface area contributed by atoms with Crippen molar-refractivity contribution < 1.29 is 14.3 Å². The predicted octanol–water partition coefficient (Wildman–Crippen LogP) is 2.56. The first-order valence-corrected chi connectivity index (χ1v) is 9.05. The lowest BCUT2D eigenvalue weighted by molar-refractivity contribution is -0.160. The van der Waals surface area contributed by atoms with Crippen LogP contribution in [-0.4, -0.2) is 52.6 Å². The lowest BCUT2D eigenvalue weighted by atomic mass is 9.90. The Hall–Kier alpha value is -1.46. The fourth-order valence-corrected chi connectivity index (χ4v) is 3.84. The van der Waals surface area contributed by atoms with E-state index in [4.69, 9.17) is 0 Å². The third kappa shape index (κ3) is 4.14. The molecule has 2 fully saturated rings. The van der Waals surface area contributed by atoms with Gasteiger partial charge in [-0.15, -0.1) is 0 Å². The minimum Gasteiger partial charge on any atom is -0.379 e. The van der Waals surface area contributed by atoms with Crippen molar-refractivity contribution in [2.75, 3.05) is 26.2 Å². The van der Waals surface area contributed by atoms with Crippen molar-refractivity contribution in [3.05, 3.63) is 35.6 Å². The molecule has 132 valence electrons. The number of nitrogens with zero attached hydrogens (tertiary/aromatic N) is 2. The molecular weight excluding hydrogens is 307 g/mol. The topological polar surface area (TPSA) is 43.8 Å². The van der Waals surface area contributed by atoms with Gasteiger partial charge in [0.05, 0.1) is 0 Å². The second-order valence-electron chi connectivity index (χ2n) is 7.18. The first kappa shape index (κ1) is 17.4. The molecule has 1 atom stereocenters. The van der Waals surface area contributed by atoms with E-state index in [1.165, 1.54) is 25.0 Å². The highest BCUT2D eigenvalue weighted by Gasteiger charge is 2.43. The Balaban J connectivity index is 1.65. The Labute approximate surface area is 143 Å². The molecule has 4 nitrogen and oxygen atoms in total. The fraction of sp³-hybridized carbons (Fsp3) is 0.632. The summed E-state index contributed by atoms with van der Waals surface area (Å²) < 4.78 is 13.0. The quantitative estimate of drug-likeness (QED) is 0.920. The number of hydrogen-bond acceptors (Lipinski definition) is 3. The van der Waals surface area contributed by atoms with Crippen LogP contribution in [0.2, 0.25) is 0 Å². The lowest BCUT2D eigenvalue weighted by Gasteiger charge is -2.40. The number of amides is 1. The SMILES string of the molecule is O=C1N(Cc2ccc(F)cc2)CCCC1(O)CN1CCCCCC1. The van der Waals surface area contributed by atoms with Gasteiger partial charge in [-0.05, 0) is 56.5 Å². The highest BCUT2D eigenvalue weighted by molar-refractivity contribution is 5.86. The Morgan fingerprint density at radius 2 is 1.67 bits per heavy atom. The number of halogens is 1. The highest BCUT2D eigenvalue weighted by Crippen LogP contribution is 2.26. The number of likely N-dealkylation sites (tertiary alicyclic amines) is 2. The minimum absolute atomic E-state index is 0.178. The zero-order chi connectivity index (χ0) is 17.0. The van der Waals surface area contributed by atoms with E-state index in [1.807, 2.05) is 0 Å². The van der Waals surface area contributed by atoms with Gasteiger partial charge in [0.1, 0.15) is 5.82 Å². The normalized spacial score (nSPS) is 26.4. The van der Waals surface area contributed by atoms with Crippen LogP contribution in [0.5, 0.6) is 0 Å². The van der Waals surface area contributed by atoms with Crippen LogP contribution in [0.1, 0.15) is 44.1 Å². The van der Waals surface area contributed by atoms with Gasteiger partial charge in [-0.1, -0.05) is 25.0 Å². The van der Waals surface area contributed by atoms with Crippen LogP contribution >= 0.6 is 0 Å². The van der Waals surface area contributed by atoms with Crippen LogP contribution in [0, 0.1) is 5.82 Å². The molecule has 2 aliphatic rings. The van der Waals surface area contributed by atoms with E-state index in [0.717, 1.165) is 37.9 Å². The zero-order valence-electron chi connectivity index (χ0n) is 14.2. The molecule has 0 spiro atoms. The van der Waals surface area contributed by atoms with Gasteiger partial charge in [-0.3, -0.25) is 9.69 Å². The summed E-state index contributed by atoms with van der Waals surface area (Å²) in [5.74, 6) is -0.455. The number of β-amino-alcohol motifs (C(OH)–C–C–N with tert-alkyl or cyclic N) is 1. The van der Waals surface area contributed by atoms with Crippen molar-refractivity contribution in [2.24, 2.45) is 0 Å². The number of carbonyl (C=O) groups excluding carboxylic acids is 1. The summed E-state index contributed by atoms with van der Waals surface area (Å²) in [7, 11) is 0. The monoisotopic (exact) mass is 334 g/mol. The first-order chi connectivity index (χ1) is 11.6. The molecule has 2 aliphatic heterocycles.